The van der Waals surface area contributed by atoms with E-state index in [1.807, 2.05) is 20.8 Å². The van der Waals surface area contributed by atoms with Crippen LogP contribution in [0.3, 0.4) is 0 Å². The van der Waals surface area contributed by atoms with Crippen LogP contribution in [0.5, 0.6) is 0 Å². The summed E-state index contributed by atoms with van der Waals surface area (Å²) in [6.45, 7) is 7.62. The van der Waals surface area contributed by atoms with Crippen molar-refractivity contribution in [2.75, 3.05) is 13.1 Å². The van der Waals surface area contributed by atoms with Gasteiger partial charge >= 0.3 is 5.97 Å². The number of hydrogen-bond donors (Lipinski definition) is 3. The Bertz CT molecular complexity index is 260. The van der Waals surface area contributed by atoms with Gasteiger partial charge in [-0.2, -0.15) is 0 Å². The lowest BCUT2D eigenvalue weighted by Gasteiger charge is -2.29. The van der Waals surface area contributed by atoms with Crippen LogP contribution < -0.4 is 11.1 Å². The largest absolute Gasteiger partial charge is 0.480 e. The average Bonchev–Trinajstić information content (AvgIpc) is 2.25. The standard InChI is InChI=1S/C11H23N3O3.ClH/c1-4-14(5-2)8(3)13-9(11(16)17)6-7-10(12)15;/h8-9,13H,4-7H2,1-3H3,(H2,12,15)(H,16,17);1H. The van der Waals surface area contributed by atoms with Gasteiger partial charge in [0.25, 0.3) is 0 Å². The van der Waals surface area contributed by atoms with E-state index in [0.29, 0.717) is 0 Å². The average molecular weight is 282 g/mol. The fraction of sp³-hybridized carbons (Fsp3) is 0.818. The van der Waals surface area contributed by atoms with Gasteiger partial charge < -0.3 is 10.8 Å². The van der Waals surface area contributed by atoms with Crippen molar-refractivity contribution in [1.29, 1.82) is 0 Å². The summed E-state index contributed by atoms with van der Waals surface area (Å²) >= 11 is 0. The third-order valence-corrected chi connectivity index (χ3v) is 2.78. The van der Waals surface area contributed by atoms with Crippen LogP contribution in [-0.2, 0) is 9.59 Å². The first-order chi connectivity index (χ1) is 7.92. The van der Waals surface area contributed by atoms with E-state index in [4.69, 9.17) is 10.8 Å². The lowest BCUT2D eigenvalue weighted by atomic mass is 10.1. The highest BCUT2D eigenvalue weighted by Gasteiger charge is 2.21. The Labute approximate surface area is 114 Å². The summed E-state index contributed by atoms with van der Waals surface area (Å²) in [7, 11) is 0. The summed E-state index contributed by atoms with van der Waals surface area (Å²) in [4.78, 5) is 23.8. The number of rotatable bonds is 9. The topological polar surface area (TPSA) is 95.7 Å². The maximum absolute atomic E-state index is 11.0. The number of carbonyl (C=O) groups is 2. The molecule has 0 aliphatic heterocycles. The lowest BCUT2D eigenvalue weighted by molar-refractivity contribution is -0.140. The van der Waals surface area contributed by atoms with Crippen LogP contribution in [-0.4, -0.2) is 47.2 Å². The molecular formula is C11H24ClN3O3. The van der Waals surface area contributed by atoms with Crippen LogP contribution in [0.4, 0.5) is 0 Å². The van der Waals surface area contributed by atoms with E-state index < -0.39 is 17.9 Å². The molecule has 0 heterocycles. The zero-order valence-corrected chi connectivity index (χ0v) is 12.0. The summed E-state index contributed by atoms with van der Waals surface area (Å²) in [5.41, 5.74) is 5.01. The van der Waals surface area contributed by atoms with E-state index in [-0.39, 0.29) is 31.4 Å². The summed E-state index contributed by atoms with van der Waals surface area (Å²) < 4.78 is 0. The first-order valence-corrected chi connectivity index (χ1v) is 5.93. The van der Waals surface area contributed by atoms with Crippen LogP contribution in [0.15, 0.2) is 0 Å². The van der Waals surface area contributed by atoms with Gasteiger partial charge in [-0.3, -0.25) is 19.8 Å². The molecule has 1 amide bonds. The van der Waals surface area contributed by atoms with Crippen molar-refractivity contribution >= 4 is 24.3 Å². The number of halogens is 1. The monoisotopic (exact) mass is 281 g/mol. The second-order valence-corrected chi connectivity index (χ2v) is 3.96. The molecule has 0 bridgehead atoms. The molecule has 0 saturated carbocycles. The zero-order valence-electron chi connectivity index (χ0n) is 11.2. The third-order valence-electron chi connectivity index (χ3n) is 2.78. The van der Waals surface area contributed by atoms with Gasteiger partial charge in [-0.1, -0.05) is 13.8 Å². The Kier molecular flexibility index (Phi) is 10.9. The number of amides is 1. The van der Waals surface area contributed by atoms with Crippen LogP contribution in [0.2, 0.25) is 0 Å². The van der Waals surface area contributed by atoms with Gasteiger partial charge in [0.15, 0.2) is 0 Å². The maximum atomic E-state index is 11.0. The van der Waals surface area contributed by atoms with Crippen molar-refractivity contribution in [1.82, 2.24) is 10.2 Å². The van der Waals surface area contributed by atoms with Crippen molar-refractivity contribution in [3.8, 4) is 0 Å². The predicted molar refractivity (Wildman–Crippen MR) is 72.6 cm³/mol. The molecule has 2 atom stereocenters. The highest BCUT2D eigenvalue weighted by molar-refractivity contribution is 5.85. The molecular weight excluding hydrogens is 258 g/mol. The van der Waals surface area contributed by atoms with Gasteiger partial charge in [-0.05, 0) is 26.4 Å². The first-order valence-electron chi connectivity index (χ1n) is 5.93. The molecule has 108 valence electrons. The number of nitrogens with one attached hydrogen (secondary N) is 1. The zero-order chi connectivity index (χ0) is 13.4. The van der Waals surface area contributed by atoms with Gasteiger partial charge in [-0.25, -0.2) is 0 Å². The maximum Gasteiger partial charge on any atom is 0.320 e. The second-order valence-electron chi connectivity index (χ2n) is 3.96. The minimum absolute atomic E-state index is 0. The van der Waals surface area contributed by atoms with Gasteiger partial charge in [0, 0.05) is 6.42 Å². The Morgan fingerprint density at radius 1 is 1.33 bits per heavy atom. The normalized spacial score (nSPS) is 13.8. The van der Waals surface area contributed by atoms with Crippen molar-refractivity contribution in [2.45, 2.75) is 45.8 Å². The Morgan fingerprint density at radius 2 is 1.83 bits per heavy atom. The van der Waals surface area contributed by atoms with E-state index in [0.717, 1.165) is 13.1 Å². The fourth-order valence-electron chi connectivity index (χ4n) is 1.73. The number of carboxylic acid groups (broad SMARTS) is 1. The van der Waals surface area contributed by atoms with Crippen LogP contribution in [0, 0.1) is 0 Å². The molecule has 0 aromatic rings. The van der Waals surface area contributed by atoms with Crippen molar-refractivity contribution in [3.63, 3.8) is 0 Å². The number of nitrogens with zero attached hydrogens (tertiary/aromatic N) is 1. The van der Waals surface area contributed by atoms with Crippen LogP contribution in [0.1, 0.15) is 33.6 Å². The molecule has 7 heteroatoms. The number of primary amides is 1. The Hall–Kier alpha value is -0.850. The SMILES string of the molecule is CCN(CC)C(C)NC(CCC(N)=O)C(=O)O.Cl. The third kappa shape index (κ3) is 7.47. The molecule has 0 spiro atoms. The van der Waals surface area contributed by atoms with Gasteiger partial charge in [-0.15, -0.1) is 12.4 Å². The number of aliphatic carboxylic acids is 1. The minimum Gasteiger partial charge on any atom is -0.480 e. The van der Waals surface area contributed by atoms with Crippen LogP contribution in [0.25, 0.3) is 0 Å². The fourth-order valence-corrected chi connectivity index (χ4v) is 1.73. The molecule has 0 aromatic carbocycles. The highest BCUT2D eigenvalue weighted by Crippen LogP contribution is 2.02. The minimum atomic E-state index is -0.953. The molecule has 6 nitrogen and oxygen atoms in total. The Morgan fingerprint density at radius 3 is 2.17 bits per heavy atom. The number of carbonyl (C=O) groups excluding carboxylic acids is 1. The summed E-state index contributed by atoms with van der Waals surface area (Å²) in [5, 5.41) is 12.0. The van der Waals surface area contributed by atoms with E-state index in [1.165, 1.54) is 0 Å². The van der Waals surface area contributed by atoms with E-state index in [1.54, 1.807) is 0 Å². The molecule has 0 rings (SSSR count). The molecule has 0 aliphatic carbocycles. The van der Waals surface area contributed by atoms with Gasteiger partial charge in [0.1, 0.15) is 6.04 Å². The molecule has 2 unspecified atom stereocenters. The molecule has 18 heavy (non-hydrogen) atoms. The number of hydrogen-bond acceptors (Lipinski definition) is 4. The van der Waals surface area contributed by atoms with Crippen molar-refractivity contribution in [3.05, 3.63) is 0 Å². The van der Waals surface area contributed by atoms with E-state index in [2.05, 4.69) is 10.2 Å². The quantitative estimate of drug-likeness (QED) is 0.532. The molecule has 0 fully saturated rings. The van der Waals surface area contributed by atoms with Gasteiger partial charge in [0.05, 0.1) is 6.17 Å². The molecule has 4 N–H and O–H groups in total. The summed E-state index contributed by atoms with van der Waals surface area (Å²) in [6.07, 6.45) is 0.254. The predicted octanol–water partition coefficient (Wildman–Crippen LogP) is 0.404. The smallest absolute Gasteiger partial charge is 0.320 e. The molecule has 0 aliphatic rings. The summed E-state index contributed by atoms with van der Waals surface area (Å²) in [5.74, 6) is -1.43. The van der Waals surface area contributed by atoms with Crippen LogP contribution >= 0.6 is 12.4 Å². The van der Waals surface area contributed by atoms with Crippen molar-refractivity contribution < 1.29 is 14.7 Å². The summed E-state index contributed by atoms with van der Waals surface area (Å²) in [6, 6.07) is -0.738. The van der Waals surface area contributed by atoms with Gasteiger partial charge in [0.2, 0.25) is 5.91 Å². The molecule has 0 aromatic heterocycles. The number of carboxylic acids is 1. The van der Waals surface area contributed by atoms with E-state index >= 15 is 0 Å². The lowest BCUT2D eigenvalue weighted by Crippen LogP contribution is -2.50. The highest BCUT2D eigenvalue weighted by atomic mass is 35.5. The first kappa shape index (κ1) is 19.5. The number of nitrogens with two attached hydrogens (primary N) is 1. The molecule has 0 saturated heterocycles. The van der Waals surface area contributed by atoms with E-state index in [9.17, 15) is 9.59 Å². The molecule has 0 radical (unpaired) electrons. The Balaban J connectivity index is 0. The second kappa shape index (κ2) is 10.1. The van der Waals surface area contributed by atoms with Crippen molar-refractivity contribution in [2.24, 2.45) is 5.73 Å².